The van der Waals surface area contributed by atoms with Gasteiger partial charge in [0.15, 0.2) is 5.96 Å². The van der Waals surface area contributed by atoms with Crippen LogP contribution in [-0.4, -0.2) is 35.6 Å². The molecular formula is C14H21FIN3O. The van der Waals surface area contributed by atoms with E-state index in [-0.39, 0.29) is 36.3 Å². The van der Waals surface area contributed by atoms with Gasteiger partial charge < -0.3 is 15.7 Å². The van der Waals surface area contributed by atoms with Crippen molar-refractivity contribution in [2.45, 2.75) is 31.4 Å². The van der Waals surface area contributed by atoms with Gasteiger partial charge in [-0.1, -0.05) is 12.1 Å². The first-order valence-electron chi connectivity index (χ1n) is 6.41. The Balaban J connectivity index is 0.00000200. The topological polar surface area (TPSA) is 61.8 Å². The van der Waals surface area contributed by atoms with Gasteiger partial charge in [-0.3, -0.25) is 0 Å². The average molecular weight is 393 g/mol. The van der Waals surface area contributed by atoms with Crippen LogP contribution in [0.25, 0.3) is 0 Å². The molecule has 0 radical (unpaired) electrons. The zero-order valence-electron chi connectivity index (χ0n) is 11.7. The first-order valence-corrected chi connectivity index (χ1v) is 6.41. The highest BCUT2D eigenvalue weighted by Crippen LogP contribution is 2.25. The monoisotopic (exact) mass is 393 g/mol. The normalized spacial score (nSPS) is 18.1. The summed E-state index contributed by atoms with van der Waals surface area (Å²) in [6.07, 6.45) is 2.28. The van der Waals surface area contributed by atoms with Crippen molar-refractivity contribution in [2.24, 2.45) is 10.7 Å². The van der Waals surface area contributed by atoms with E-state index < -0.39 is 5.60 Å². The summed E-state index contributed by atoms with van der Waals surface area (Å²) in [5.74, 6) is 0.112. The molecule has 20 heavy (non-hydrogen) atoms. The van der Waals surface area contributed by atoms with Crippen molar-refractivity contribution < 1.29 is 9.50 Å². The van der Waals surface area contributed by atoms with Crippen LogP contribution in [0.1, 0.15) is 25.3 Å². The lowest BCUT2D eigenvalue weighted by molar-refractivity contribution is 0.0670. The van der Waals surface area contributed by atoms with Gasteiger partial charge in [0.25, 0.3) is 0 Å². The molecule has 1 aliphatic carbocycles. The zero-order valence-corrected chi connectivity index (χ0v) is 14.0. The standard InChI is InChI=1S/C14H20FN3O.HI/c1-14(19,10-3-5-11(15)6-4-10)9-17-13(16)18(2)12-7-8-12;/h3-6,12,19H,7-9H2,1-2H3,(H2,16,17);1H. The van der Waals surface area contributed by atoms with Crippen molar-refractivity contribution in [3.05, 3.63) is 35.6 Å². The van der Waals surface area contributed by atoms with Crippen LogP contribution < -0.4 is 5.73 Å². The lowest BCUT2D eigenvalue weighted by Crippen LogP contribution is -2.37. The molecular weight excluding hydrogens is 372 g/mol. The summed E-state index contributed by atoms with van der Waals surface area (Å²) in [6, 6.07) is 6.26. The highest BCUT2D eigenvalue weighted by molar-refractivity contribution is 14.0. The highest BCUT2D eigenvalue weighted by Gasteiger charge is 2.28. The maximum absolute atomic E-state index is 12.9. The predicted octanol–water partition coefficient (Wildman–Crippen LogP) is 2.06. The third kappa shape index (κ3) is 4.31. The van der Waals surface area contributed by atoms with E-state index in [4.69, 9.17) is 5.73 Å². The number of nitrogens with two attached hydrogens (primary N) is 1. The summed E-state index contributed by atoms with van der Waals surface area (Å²) in [5.41, 5.74) is 5.35. The molecule has 1 aliphatic rings. The highest BCUT2D eigenvalue weighted by atomic mass is 127. The van der Waals surface area contributed by atoms with Gasteiger partial charge in [-0.2, -0.15) is 0 Å². The zero-order chi connectivity index (χ0) is 14.0. The third-order valence-corrected chi connectivity index (χ3v) is 3.47. The van der Waals surface area contributed by atoms with Crippen molar-refractivity contribution >= 4 is 29.9 Å². The second-order valence-corrected chi connectivity index (χ2v) is 5.30. The second kappa shape index (κ2) is 6.71. The fourth-order valence-electron chi connectivity index (χ4n) is 1.90. The quantitative estimate of drug-likeness (QED) is 0.468. The molecule has 0 heterocycles. The molecule has 6 heteroatoms. The van der Waals surface area contributed by atoms with Crippen LogP contribution in [0.15, 0.2) is 29.3 Å². The summed E-state index contributed by atoms with van der Waals surface area (Å²) < 4.78 is 12.9. The molecule has 0 amide bonds. The van der Waals surface area contributed by atoms with E-state index in [0.717, 1.165) is 12.8 Å². The maximum Gasteiger partial charge on any atom is 0.191 e. The van der Waals surface area contributed by atoms with E-state index in [1.807, 2.05) is 11.9 Å². The molecule has 3 N–H and O–H groups in total. The molecule has 112 valence electrons. The Kier molecular flexibility index (Phi) is 5.76. The maximum atomic E-state index is 12.9. The summed E-state index contributed by atoms with van der Waals surface area (Å²) in [7, 11) is 1.91. The van der Waals surface area contributed by atoms with Crippen molar-refractivity contribution in [1.29, 1.82) is 0 Å². The second-order valence-electron chi connectivity index (χ2n) is 5.30. The van der Waals surface area contributed by atoms with Crippen LogP contribution >= 0.6 is 24.0 Å². The number of guanidine groups is 1. The molecule has 1 aromatic rings. The van der Waals surface area contributed by atoms with Gasteiger partial charge in [0.05, 0.1) is 6.54 Å². The van der Waals surface area contributed by atoms with Gasteiger partial charge in [0.1, 0.15) is 11.4 Å². The first-order chi connectivity index (χ1) is 8.90. The number of hydrogen-bond donors (Lipinski definition) is 2. The fourth-order valence-corrected chi connectivity index (χ4v) is 1.90. The van der Waals surface area contributed by atoms with E-state index >= 15 is 0 Å². The predicted molar refractivity (Wildman–Crippen MR) is 88.7 cm³/mol. The lowest BCUT2D eigenvalue weighted by Gasteiger charge is -2.23. The van der Waals surface area contributed by atoms with Crippen LogP contribution in [0.3, 0.4) is 0 Å². The minimum absolute atomic E-state index is 0. The van der Waals surface area contributed by atoms with Crippen molar-refractivity contribution in [3.8, 4) is 0 Å². The number of halogens is 2. The lowest BCUT2D eigenvalue weighted by atomic mass is 9.96. The summed E-state index contributed by atoms with van der Waals surface area (Å²) in [5, 5.41) is 10.4. The largest absolute Gasteiger partial charge is 0.384 e. The third-order valence-electron chi connectivity index (χ3n) is 3.47. The van der Waals surface area contributed by atoms with Gasteiger partial charge in [-0.25, -0.2) is 9.38 Å². The Hall–Kier alpha value is -0.890. The smallest absolute Gasteiger partial charge is 0.191 e. The Morgan fingerprint density at radius 1 is 1.45 bits per heavy atom. The number of benzene rings is 1. The fraction of sp³-hybridized carbons (Fsp3) is 0.500. The van der Waals surface area contributed by atoms with Crippen molar-refractivity contribution in [3.63, 3.8) is 0 Å². The Labute approximate surface area is 135 Å². The van der Waals surface area contributed by atoms with E-state index in [1.54, 1.807) is 19.1 Å². The van der Waals surface area contributed by atoms with E-state index in [1.165, 1.54) is 12.1 Å². The summed E-state index contributed by atoms with van der Waals surface area (Å²) >= 11 is 0. The molecule has 0 bridgehead atoms. The minimum atomic E-state index is -1.15. The summed E-state index contributed by atoms with van der Waals surface area (Å²) in [4.78, 5) is 6.16. The molecule has 1 aromatic carbocycles. The molecule has 1 unspecified atom stereocenters. The van der Waals surface area contributed by atoms with Crippen LogP contribution in [0.5, 0.6) is 0 Å². The number of aliphatic hydroxyl groups is 1. The van der Waals surface area contributed by atoms with Gasteiger partial charge >= 0.3 is 0 Å². The van der Waals surface area contributed by atoms with E-state index in [2.05, 4.69) is 4.99 Å². The van der Waals surface area contributed by atoms with Crippen LogP contribution in [0.2, 0.25) is 0 Å². The van der Waals surface area contributed by atoms with E-state index in [0.29, 0.717) is 17.6 Å². The van der Waals surface area contributed by atoms with Crippen LogP contribution in [0, 0.1) is 5.82 Å². The minimum Gasteiger partial charge on any atom is -0.384 e. The number of hydrogen-bond acceptors (Lipinski definition) is 2. The molecule has 1 atom stereocenters. The van der Waals surface area contributed by atoms with Crippen molar-refractivity contribution in [1.82, 2.24) is 4.90 Å². The molecule has 2 rings (SSSR count). The van der Waals surface area contributed by atoms with Crippen LogP contribution in [-0.2, 0) is 5.60 Å². The number of rotatable bonds is 4. The Morgan fingerprint density at radius 3 is 2.50 bits per heavy atom. The molecule has 0 aliphatic heterocycles. The van der Waals surface area contributed by atoms with Crippen LogP contribution in [0.4, 0.5) is 4.39 Å². The molecule has 0 spiro atoms. The Bertz CT molecular complexity index is 472. The van der Waals surface area contributed by atoms with Gasteiger partial charge in [0, 0.05) is 13.1 Å². The van der Waals surface area contributed by atoms with Crippen molar-refractivity contribution in [2.75, 3.05) is 13.6 Å². The first kappa shape index (κ1) is 17.2. The molecule has 1 saturated carbocycles. The van der Waals surface area contributed by atoms with Gasteiger partial charge in [-0.05, 0) is 37.5 Å². The van der Waals surface area contributed by atoms with Gasteiger partial charge in [0.2, 0.25) is 0 Å². The molecule has 4 nitrogen and oxygen atoms in total. The van der Waals surface area contributed by atoms with Gasteiger partial charge in [-0.15, -0.1) is 24.0 Å². The average Bonchev–Trinajstić information content (AvgIpc) is 3.20. The molecule has 1 fully saturated rings. The molecule has 0 saturated heterocycles. The number of nitrogens with zero attached hydrogens (tertiary/aromatic N) is 2. The Morgan fingerprint density at radius 2 is 2.00 bits per heavy atom. The SMILES string of the molecule is CN(C(N)=NCC(C)(O)c1ccc(F)cc1)C1CC1.I. The summed E-state index contributed by atoms with van der Waals surface area (Å²) in [6.45, 7) is 1.80. The molecule has 0 aromatic heterocycles. The number of aliphatic imine (C=N–C) groups is 1. The van der Waals surface area contributed by atoms with E-state index in [9.17, 15) is 9.50 Å².